The number of carbonyl (C=O) groups excluding carboxylic acids is 2. The summed E-state index contributed by atoms with van der Waals surface area (Å²) < 4.78 is 0. The van der Waals surface area contributed by atoms with Crippen molar-refractivity contribution in [1.82, 2.24) is 5.32 Å². The normalized spacial score (nSPS) is 17.5. The van der Waals surface area contributed by atoms with E-state index in [0.717, 1.165) is 44.1 Å². The molecular weight excluding hydrogens is 340 g/mol. The minimum absolute atomic E-state index is 0.0383. The summed E-state index contributed by atoms with van der Waals surface area (Å²) in [5.41, 5.74) is 1.72. The number of aryl methyl sites for hydroxylation is 1. The van der Waals surface area contributed by atoms with Crippen LogP contribution in [0.25, 0.3) is 0 Å². The lowest BCUT2D eigenvalue weighted by Crippen LogP contribution is -2.27. The number of hydrogen-bond acceptors (Lipinski definition) is 4. The van der Waals surface area contributed by atoms with Gasteiger partial charge in [0.25, 0.3) is 5.91 Å². The molecule has 7 heteroatoms. The second kappa shape index (κ2) is 7.56. The van der Waals surface area contributed by atoms with E-state index in [1.165, 1.54) is 16.2 Å². The second-order valence-electron chi connectivity index (χ2n) is 7.12. The maximum absolute atomic E-state index is 12.7. The molecule has 1 fully saturated rings. The molecule has 2 aliphatic rings. The highest BCUT2D eigenvalue weighted by Crippen LogP contribution is 2.38. The summed E-state index contributed by atoms with van der Waals surface area (Å²) in [4.78, 5) is 36.9. The van der Waals surface area contributed by atoms with Gasteiger partial charge in [-0.1, -0.05) is 6.92 Å². The van der Waals surface area contributed by atoms with Crippen molar-refractivity contribution in [2.75, 3.05) is 5.32 Å². The van der Waals surface area contributed by atoms with Crippen molar-refractivity contribution in [2.45, 2.75) is 64.3 Å². The van der Waals surface area contributed by atoms with E-state index in [2.05, 4.69) is 10.6 Å². The highest BCUT2D eigenvalue weighted by atomic mass is 32.1. The average Bonchev–Trinajstić information content (AvgIpc) is 3.24. The number of anilines is 1. The Morgan fingerprint density at radius 2 is 1.92 bits per heavy atom. The SMILES string of the molecule is C[C@@H](CC(=O)O)CC(=O)Nc1sc2c(c1C(=O)NC1CC1)CCCC2. The fourth-order valence-corrected chi connectivity index (χ4v) is 4.55. The van der Waals surface area contributed by atoms with Crippen molar-refractivity contribution in [3.63, 3.8) is 0 Å². The number of carboxylic acids is 1. The van der Waals surface area contributed by atoms with Gasteiger partial charge in [-0.15, -0.1) is 11.3 Å². The van der Waals surface area contributed by atoms with Gasteiger partial charge in [0.1, 0.15) is 5.00 Å². The van der Waals surface area contributed by atoms with Gasteiger partial charge in [0, 0.05) is 23.8 Å². The number of carboxylic acid groups (broad SMARTS) is 1. The predicted octanol–water partition coefficient (Wildman–Crippen LogP) is 2.96. The van der Waals surface area contributed by atoms with Crippen LogP contribution in [0.3, 0.4) is 0 Å². The number of nitrogens with one attached hydrogen (secondary N) is 2. The molecule has 2 amide bonds. The average molecular weight is 364 g/mol. The lowest BCUT2D eigenvalue weighted by Gasteiger charge is -2.13. The quantitative estimate of drug-likeness (QED) is 0.693. The Kier molecular flexibility index (Phi) is 5.42. The van der Waals surface area contributed by atoms with E-state index in [0.29, 0.717) is 10.6 Å². The van der Waals surface area contributed by atoms with E-state index in [1.54, 1.807) is 6.92 Å². The fourth-order valence-electron chi connectivity index (χ4n) is 3.24. The first-order chi connectivity index (χ1) is 11.9. The maximum Gasteiger partial charge on any atom is 0.303 e. The Labute approximate surface area is 151 Å². The number of carbonyl (C=O) groups is 3. The van der Waals surface area contributed by atoms with Gasteiger partial charge in [-0.2, -0.15) is 0 Å². The van der Waals surface area contributed by atoms with Crippen LogP contribution in [0.2, 0.25) is 0 Å². The summed E-state index contributed by atoms with van der Waals surface area (Å²) in [6.45, 7) is 1.74. The standard InChI is InChI=1S/C18H24N2O4S/c1-10(9-15(22)23)8-14(21)20-18-16(17(24)19-11-6-7-11)12-4-2-3-5-13(12)25-18/h10-11H,2-9H2,1H3,(H,19,24)(H,20,21)(H,22,23)/t10-/m1/s1. The van der Waals surface area contributed by atoms with Gasteiger partial charge < -0.3 is 15.7 Å². The number of fused-ring (bicyclic) bond motifs is 1. The number of hydrogen-bond donors (Lipinski definition) is 3. The van der Waals surface area contributed by atoms with Crippen molar-refractivity contribution < 1.29 is 19.5 Å². The minimum atomic E-state index is -0.906. The molecule has 0 bridgehead atoms. The fraction of sp³-hybridized carbons (Fsp3) is 0.611. The first-order valence-corrected chi connectivity index (χ1v) is 9.72. The smallest absolute Gasteiger partial charge is 0.303 e. The third-order valence-electron chi connectivity index (χ3n) is 4.62. The molecule has 3 N–H and O–H groups in total. The Balaban J connectivity index is 1.75. The van der Waals surface area contributed by atoms with E-state index in [4.69, 9.17) is 5.11 Å². The molecule has 2 aliphatic carbocycles. The van der Waals surface area contributed by atoms with E-state index >= 15 is 0 Å². The maximum atomic E-state index is 12.7. The highest BCUT2D eigenvalue weighted by molar-refractivity contribution is 7.17. The third kappa shape index (κ3) is 4.60. The second-order valence-corrected chi connectivity index (χ2v) is 8.22. The van der Waals surface area contributed by atoms with E-state index in [1.807, 2.05) is 0 Å². The summed E-state index contributed by atoms with van der Waals surface area (Å²) in [7, 11) is 0. The Morgan fingerprint density at radius 1 is 1.20 bits per heavy atom. The van der Waals surface area contributed by atoms with Gasteiger partial charge in [-0.25, -0.2) is 0 Å². The van der Waals surface area contributed by atoms with Crippen LogP contribution < -0.4 is 10.6 Å². The largest absolute Gasteiger partial charge is 0.481 e. The van der Waals surface area contributed by atoms with Crippen molar-refractivity contribution in [3.05, 3.63) is 16.0 Å². The lowest BCUT2D eigenvalue weighted by atomic mass is 9.95. The van der Waals surface area contributed by atoms with Crippen LogP contribution in [0.1, 0.15) is 66.2 Å². The molecule has 0 saturated heterocycles. The summed E-state index contributed by atoms with van der Waals surface area (Å²) >= 11 is 1.50. The molecule has 1 heterocycles. The molecule has 1 aromatic rings. The molecule has 1 atom stereocenters. The van der Waals surface area contributed by atoms with Crippen molar-refractivity contribution in [2.24, 2.45) is 5.92 Å². The van der Waals surface area contributed by atoms with Crippen molar-refractivity contribution in [1.29, 1.82) is 0 Å². The molecule has 25 heavy (non-hydrogen) atoms. The number of aliphatic carboxylic acids is 1. The molecule has 1 aromatic heterocycles. The molecule has 3 rings (SSSR count). The van der Waals surface area contributed by atoms with Gasteiger partial charge in [0.15, 0.2) is 0 Å². The molecule has 0 aliphatic heterocycles. The first kappa shape index (κ1) is 17.9. The first-order valence-electron chi connectivity index (χ1n) is 8.91. The summed E-state index contributed by atoms with van der Waals surface area (Å²) in [6.07, 6.45) is 6.15. The lowest BCUT2D eigenvalue weighted by molar-refractivity contribution is -0.138. The zero-order chi connectivity index (χ0) is 18.0. The molecule has 0 aromatic carbocycles. The summed E-state index contributed by atoms with van der Waals surface area (Å²) in [5, 5.41) is 15.3. The van der Waals surface area contributed by atoms with Crippen molar-refractivity contribution >= 4 is 34.1 Å². The molecule has 6 nitrogen and oxygen atoms in total. The van der Waals surface area contributed by atoms with Crippen molar-refractivity contribution in [3.8, 4) is 0 Å². The van der Waals surface area contributed by atoms with Crippen LogP contribution in [0, 0.1) is 5.92 Å². The van der Waals surface area contributed by atoms with Gasteiger partial charge in [-0.05, 0) is 50.0 Å². The van der Waals surface area contributed by atoms with E-state index < -0.39 is 5.97 Å². The number of rotatable bonds is 7. The van der Waals surface area contributed by atoms with Crippen LogP contribution >= 0.6 is 11.3 Å². The van der Waals surface area contributed by atoms with Gasteiger partial charge >= 0.3 is 5.97 Å². The topological polar surface area (TPSA) is 95.5 Å². The van der Waals surface area contributed by atoms with Crippen LogP contribution in [-0.2, 0) is 22.4 Å². The number of thiophene rings is 1. The molecule has 0 spiro atoms. The molecule has 136 valence electrons. The summed E-state index contributed by atoms with van der Waals surface area (Å²) in [5.74, 6) is -1.46. The zero-order valence-electron chi connectivity index (χ0n) is 14.4. The highest BCUT2D eigenvalue weighted by Gasteiger charge is 2.30. The predicted molar refractivity (Wildman–Crippen MR) is 96.1 cm³/mol. The van der Waals surface area contributed by atoms with Crippen LogP contribution in [0.4, 0.5) is 5.00 Å². The third-order valence-corrected chi connectivity index (χ3v) is 5.83. The minimum Gasteiger partial charge on any atom is -0.481 e. The molecule has 1 saturated carbocycles. The van der Waals surface area contributed by atoms with Gasteiger partial charge in [0.05, 0.1) is 5.56 Å². The Bertz CT molecular complexity index is 693. The molecule has 0 unspecified atom stereocenters. The van der Waals surface area contributed by atoms with Crippen LogP contribution in [0.15, 0.2) is 0 Å². The summed E-state index contributed by atoms with van der Waals surface area (Å²) in [6, 6.07) is 0.269. The molecular formula is C18H24N2O4S. The Morgan fingerprint density at radius 3 is 2.60 bits per heavy atom. The van der Waals surface area contributed by atoms with Crippen LogP contribution in [0.5, 0.6) is 0 Å². The van der Waals surface area contributed by atoms with Crippen LogP contribution in [-0.4, -0.2) is 28.9 Å². The van der Waals surface area contributed by atoms with E-state index in [-0.39, 0.29) is 36.6 Å². The van der Waals surface area contributed by atoms with E-state index in [9.17, 15) is 14.4 Å². The monoisotopic (exact) mass is 364 g/mol. The van der Waals surface area contributed by atoms with Gasteiger partial charge in [-0.3, -0.25) is 14.4 Å². The van der Waals surface area contributed by atoms with Gasteiger partial charge in [0.2, 0.25) is 5.91 Å². The molecule has 0 radical (unpaired) electrons. The number of amides is 2. The zero-order valence-corrected chi connectivity index (χ0v) is 15.2. The Hall–Kier alpha value is -1.89.